The third kappa shape index (κ3) is 2.46. The van der Waals surface area contributed by atoms with E-state index in [0.717, 1.165) is 23.1 Å². The van der Waals surface area contributed by atoms with Crippen molar-refractivity contribution in [3.63, 3.8) is 0 Å². The highest BCUT2D eigenvalue weighted by Gasteiger charge is 2.58. The van der Waals surface area contributed by atoms with Gasteiger partial charge < -0.3 is 15.3 Å². The van der Waals surface area contributed by atoms with Gasteiger partial charge in [-0.3, -0.25) is 14.6 Å². The summed E-state index contributed by atoms with van der Waals surface area (Å²) in [5.41, 5.74) is 1.33. The van der Waals surface area contributed by atoms with Gasteiger partial charge in [0.2, 0.25) is 5.91 Å². The molecule has 1 spiro atoms. The minimum Gasteiger partial charge on any atom is -0.506 e. The third-order valence-electron chi connectivity index (χ3n) is 6.60. The average Bonchev–Trinajstić information content (AvgIpc) is 3.28. The van der Waals surface area contributed by atoms with Crippen LogP contribution in [-0.4, -0.2) is 39.4 Å². The minimum atomic E-state index is -0.737. The Kier molecular flexibility index (Phi) is 4.24. The maximum atomic E-state index is 13.6. The molecule has 3 aromatic rings. The van der Waals surface area contributed by atoms with Crippen LogP contribution in [0.3, 0.4) is 0 Å². The van der Waals surface area contributed by atoms with Crippen molar-refractivity contribution in [2.45, 2.75) is 37.6 Å². The number of para-hydroxylation sites is 1. The molecule has 3 heterocycles. The van der Waals surface area contributed by atoms with E-state index in [1.54, 1.807) is 35.5 Å². The van der Waals surface area contributed by atoms with Gasteiger partial charge in [0, 0.05) is 35.4 Å². The van der Waals surface area contributed by atoms with E-state index in [9.17, 15) is 14.7 Å². The van der Waals surface area contributed by atoms with Crippen molar-refractivity contribution < 1.29 is 14.7 Å². The first-order valence-corrected chi connectivity index (χ1v) is 10.4. The molecule has 0 bridgehead atoms. The lowest BCUT2D eigenvalue weighted by molar-refractivity contribution is -0.121. The summed E-state index contributed by atoms with van der Waals surface area (Å²) in [6.07, 6.45) is 5.39. The van der Waals surface area contributed by atoms with E-state index < -0.39 is 5.41 Å². The van der Waals surface area contributed by atoms with Crippen molar-refractivity contribution in [1.29, 1.82) is 0 Å². The first-order chi connectivity index (χ1) is 14.6. The highest BCUT2D eigenvalue weighted by molar-refractivity contribution is 6.09. The number of aromatic nitrogens is 1. The van der Waals surface area contributed by atoms with Crippen molar-refractivity contribution >= 4 is 28.3 Å². The molecule has 2 N–H and O–H groups in total. The van der Waals surface area contributed by atoms with Crippen LogP contribution in [0.15, 0.2) is 54.9 Å². The molecule has 1 fully saturated rings. The number of rotatable bonds is 3. The highest BCUT2D eigenvalue weighted by Crippen LogP contribution is 2.50. The van der Waals surface area contributed by atoms with Gasteiger partial charge in [0.1, 0.15) is 5.75 Å². The van der Waals surface area contributed by atoms with E-state index in [-0.39, 0.29) is 29.2 Å². The van der Waals surface area contributed by atoms with Crippen molar-refractivity contribution in [3.8, 4) is 5.75 Å². The van der Waals surface area contributed by atoms with E-state index in [4.69, 9.17) is 0 Å². The van der Waals surface area contributed by atoms with E-state index in [1.165, 1.54) is 0 Å². The zero-order chi connectivity index (χ0) is 20.9. The predicted octanol–water partition coefficient (Wildman–Crippen LogP) is 3.85. The number of aromatic hydroxyl groups is 1. The summed E-state index contributed by atoms with van der Waals surface area (Å²) in [6, 6.07) is 12.7. The SMILES string of the molecule is CCC[C@@H]1N(C(=O)c2ccc3cnccc3c2O)CC[C@]12C(=O)Nc1ccccc12. The van der Waals surface area contributed by atoms with Crippen LogP contribution in [0.1, 0.15) is 42.1 Å². The molecular weight excluding hydrogens is 378 g/mol. The number of phenols is 1. The van der Waals surface area contributed by atoms with Gasteiger partial charge >= 0.3 is 0 Å². The minimum absolute atomic E-state index is 0.0348. The molecule has 0 aliphatic carbocycles. The molecule has 30 heavy (non-hydrogen) atoms. The standard InChI is InChI=1S/C24H23N3O3/c1-2-5-20-24(18-6-3-4-7-19(18)26-23(24)30)11-13-27(20)22(29)17-9-8-15-14-25-12-10-16(15)21(17)28/h3-4,6-10,12,14,20,28H,2,5,11,13H2,1H3,(H,26,30)/t20-,24+/m0/s1. The number of carbonyl (C=O) groups is 2. The Hall–Kier alpha value is -3.41. The van der Waals surface area contributed by atoms with E-state index in [1.807, 2.05) is 24.3 Å². The van der Waals surface area contributed by atoms with Gasteiger partial charge in [0.05, 0.1) is 17.0 Å². The zero-order valence-electron chi connectivity index (χ0n) is 16.8. The summed E-state index contributed by atoms with van der Waals surface area (Å²) in [6.45, 7) is 2.53. The number of benzene rings is 2. The summed E-state index contributed by atoms with van der Waals surface area (Å²) in [5.74, 6) is -0.308. The number of hydrogen-bond donors (Lipinski definition) is 2. The number of phenolic OH excluding ortho intramolecular Hbond substituents is 1. The summed E-state index contributed by atoms with van der Waals surface area (Å²) in [5, 5.41) is 15.2. The van der Waals surface area contributed by atoms with Crippen LogP contribution in [0, 0.1) is 0 Å². The Morgan fingerprint density at radius 2 is 2.10 bits per heavy atom. The van der Waals surface area contributed by atoms with Crippen LogP contribution in [-0.2, 0) is 10.2 Å². The third-order valence-corrected chi connectivity index (χ3v) is 6.60. The second-order valence-corrected chi connectivity index (χ2v) is 8.08. The lowest BCUT2D eigenvalue weighted by atomic mass is 9.73. The quantitative estimate of drug-likeness (QED) is 0.698. The first kappa shape index (κ1) is 18.6. The Morgan fingerprint density at radius 3 is 2.93 bits per heavy atom. The Morgan fingerprint density at radius 1 is 1.27 bits per heavy atom. The summed E-state index contributed by atoms with van der Waals surface area (Å²) >= 11 is 0. The fraction of sp³-hybridized carbons (Fsp3) is 0.292. The summed E-state index contributed by atoms with van der Waals surface area (Å²) in [4.78, 5) is 32.6. The molecule has 0 saturated carbocycles. The maximum absolute atomic E-state index is 13.6. The average molecular weight is 401 g/mol. The fourth-order valence-electron chi connectivity index (χ4n) is 5.20. The fourth-order valence-corrected chi connectivity index (χ4v) is 5.20. The lowest BCUT2D eigenvalue weighted by Crippen LogP contribution is -2.48. The van der Waals surface area contributed by atoms with Crippen LogP contribution >= 0.6 is 0 Å². The molecule has 1 saturated heterocycles. The molecule has 152 valence electrons. The number of amides is 2. The predicted molar refractivity (Wildman–Crippen MR) is 115 cm³/mol. The van der Waals surface area contributed by atoms with E-state index in [2.05, 4.69) is 17.2 Å². The Balaban J connectivity index is 1.58. The normalized spacial score (nSPS) is 22.5. The molecule has 5 rings (SSSR count). The number of anilines is 1. The number of fused-ring (bicyclic) bond motifs is 3. The molecule has 1 aromatic heterocycles. The molecule has 0 radical (unpaired) electrons. The van der Waals surface area contributed by atoms with Crippen LogP contribution in [0.5, 0.6) is 5.75 Å². The summed E-state index contributed by atoms with van der Waals surface area (Å²) in [7, 11) is 0. The number of nitrogens with one attached hydrogen (secondary N) is 1. The molecule has 2 aromatic carbocycles. The Bertz CT molecular complexity index is 1180. The number of carbonyl (C=O) groups excluding carboxylic acids is 2. The lowest BCUT2D eigenvalue weighted by Gasteiger charge is -2.34. The highest BCUT2D eigenvalue weighted by atomic mass is 16.3. The molecule has 6 heteroatoms. The number of pyridine rings is 1. The van der Waals surface area contributed by atoms with Crippen LogP contribution in [0.2, 0.25) is 0 Å². The maximum Gasteiger partial charge on any atom is 0.257 e. The van der Waals surface area contributed by atoms with Gasteiger partial charge in [-0.2, -0.15) is 0 Å². The van der Waals surface area contributed by atoms with Crippen LogP contribution in [0.4, 0.5) is 5.69 Å². The number of nitrogens with zero attached hydrogens (tertiary/aromatic N) is 2. The van der Waals surface area contributed by atoms with Gasteiger partial charge in [-0.25, -0.2) is 0 Å². The van der Waals surface area contributed by atoms with E-state index >= 15 is 0 Å². The van der Waals surface area contributed by atoms with Crippen molar-refractivity contribution in [3.05, 3.63) is 66.0 Å². The van der Waals surface area contributed by atoms with Gasteiger partial charge in [-0.15, -0.1) is 0 Å². The Labute approximate surface area is 174 Å². The van der Waals surface area contributed by atoms with Gasteiger partial charge in [-0.05, 0) is 36.6 Å². The zero-order valence-corrected chi connectivity index (χ0v) is 16.8. The van der Waals surface area contributed by atoms with Crippen LogP contribution in [0.25, 0.3) is 10.8 Å². The molecule has 0 unspecified atom stereocenters. The molecule has 2 amide bonds. The molecule has 2 aliphatic heterocycles. The second-order valence-electron chi connectivity index (χ2n) is 8.08. The number of hydrogen-bond acceptors (Lipinski definition) is 4. The van der Waals surface area contributed by atoms with Crippen molar-refractivity contribution in [1.82, 2.24) is 9.88 Å². The van der Waals surface area contributed by atoms with Crippen molar-refractivity contribution in [2.75, 3.05) is 11.9 Å². The first-order valence-electron chi connectivity index (χ1n) is 10.4. The number of likely N-dealkylation sites (tertiary alicyclic amines) is 1. The topological polar surface area (TPSA) is 82.5 Å². The van der Waals surface area contributed by atoms with Crippen LogP contribution < -0.4 is 5.32 Å². The second kappa shape index (κ2) is 6.83. The molecule has 6 nitrogen and oxygen atoms in total. The van der Waals surface area contributed by atoms with E-state index in [0.29, 0.717) is 24.8 Å². The summed E-state index contributed by atoms with van der Waals surface area (Å²) < 4.78 is 0. The molecule has 2 atom stereocenters. The largest absolute Gasteiger partial charge is 0.506 e. The molecular formula is C24H23N3O3. The van der Waals surface area contributed by atoms with Gasteiger partial charge in [-0.1, -0.05) is 37.6 Å². The molecule has 2 aliphatic rings. The smallest absolute Gasteiger partial charge is 0.257 e. The van der Waals surface area contributed by atoms with Gasteiger partial charge in [0.25, 0.3) is 5.91 Å². The van der Waals surface area contributed by atoms with Gasteiger partial charge in [0.15, 0.2) is 0 Å². The van der Waals surface area contributed by atoms with Crippen molar-refractivity contribution in [2.24, 2.45) is 0 Å². The monoisotopic (exact) mass is 401 g/mol.